The number of carbonyl (C=O) groups excluding carboxylic acids is 2. The van der Waals surface area contributed by atoms with Gasteiger partial charge in [0.2, 0.25) is 0 Å². The molecule has 35 heavy (non-hydrogen) atoms. The van der Waals surface area contributed by atoms with Gasteiger partial charge in [-0.2, -0.15) is 0 Å². The minimum Gasteiger partial charge on any atom is -0.335 e. The highest BCUT2D eigenvalue weighted by molar-refractivity contribution is 7.92. The van der Waals surface area contributed by atoms with E-state index in [0.717, 1.165) is 0 Å². The molecule has 12 heteroatoms. The van der Waals surface area contributed by atoms with E-state index in [1.54, 1.807) is 34.2 Å². The number of amides is 2. The van der Waals surface area contributed by atoms with E-state index < -0.39 is 10.0 Å². The summed E-state index contributed by atoms with van der Waals surface area (Å²) in [4.78, 5) is 32.6. The third-order valence-electron chi connectivity index (χ3n) is 5.39. The molecule has 4 rings (SSSR count). The summed E-state index contributed by atoms with van der Waals surface area (Å²) >= 11 is 17.8. The Morgan fingerprint density at radius 1 is 0.800 bits per heavy atom. The topological polar surface area (TPSA) is 99.7 Å². The van der Waals surface area contributed by atoms with Crippen molar-refractivity contribution in [3.8, 4) is 0 Å². The smallest absolute Gasteiger partial charge is 0.272 e. The van der Waals surface area contributed by atoms with E-state index in [0.29, 0.717) is 37.4 Å². The van der Waals surface area contributed by atoms with Crippen molar-refractivity contribution >= 4 is 62.3 Å². The number of nitrogens with one attached hydrogen (secondary N) is 1. The number of nitrogens with zero attached hydrogens (tertiary/aromatic N) is 3. The zero-order valence-corrected chi connectivity index (χ0v) is 21.2. The fourth-order valence-corrected chi connectivity index (χ4v) is 5.61. The molecular formula is C23H19Cl3N4O4S. The van der Waals surface area contributed by atoms with Crippen molar-refractivity contribution in [1.29, 1.82) is 0 Å². The number of hydrogen-bond acceptors (Lipinski definition) is 5. The summed E-state index contributed by atoms with van der Waals surface area (Å²) in [7, 11) is -4.04. The molecule has 1 fully saturated rings. The fourth-order valence-electron chi connectivity index (χ4n) is 3.55. The average Bonchev–Trinajstić information content (AvgIpc) is 2.86. The zero-order valence-electron chi connectivity index (χ0n) is 18.1. The number of anilines is 1. The van der Waals surface area contributed by atoms with E-state index in [1.807, 2.05) is 0 Å². The maximum Gasteiger partial charge on any atom is 0.272 e. The summed E-state index contributed by atoms with van der Waals surface area (Å²) in [6, 6.07) is 13.6. The first kappa shape index (κ1) is 25.2. The molecule has 0 atom stereocenters. The first-order valence-corrected chi connectivity index (χ1v) is 13.0. The second-order valence-corrected chi connectivity index (χ2v) is 10.6. The van der Waals surface area contributed by atoms with Crippen LogP contribution in [0.4, 0.5) is 5.69 Å². The minimum absolute atomic E-state index is 0.0548. The van der Waals surface area contributed by atoms with Gasteiger partial charge in [-0.3, -0.25) is 19.3 Å². The minimum atomic E-state index is -4.04. The molecule has 0 unspecified atom stereocenters. The van der Waals surface area contributed by atoms with Crippen LogP contribution in [0.15, 0.2) is 65.7 Å². The van der Waals surface area contributed by atoms with Crippen LogP contribution in [-0.2, 0) is 10.0 Å². The quantitative estimate of drug-likeness (QED) is 0.471. The first-order chi connectivity index (χ1) is 16.7. The highest BCUT2D eigenvalue weighted by Crippen LogP contribution is 2.32. The molecule has 0 bridgehead atoms. The fraction of sp³-hybridized carbons (Fsp3) is 0.174. The number of rotatable bonds is 5. The van der Waals surface area contributed by atoms with Crippen molar-refractivity contribution < 1.29 is 18.0 Å². The van der Waals surface area contributed by atoms with E-state index in [2.05, 4.69) is 9.71 Å². The third-order valence-corrected chi connectivity index (χ3v) is 7.95. The number of pyridine rings is 1. The number of halogens is 3. The Labute approximate surface area is 217 Å². The van der Waals surface area contributed by atoms with E-state index in [9.17, 15) is 18.0 Å². The molecule has 2 amide bonds. The third kappa shape index (κ3) is 5.70. The van der Waals surface area contributed by atoms with Gasteiger partial charge in [0.25, 0.3) is 21.8 Å². The average molecular weight is 554 g/mol. The van der Waals surface area contributed by atoms with Crippen molar-refractivity contribution in [2.75, 3.05) is 30.9 Å². The second kappa shape index (κ2) is 10.4. The van der Waals surface area contributed by atoms with Gasteiger partial charge in [0.1, 0.15) is 10.6 Å². The van der Waals surface area contributed by atoms with Crippen LogP contribution in [0, 0.1) is 0 Å². The predicted octanol–water partition coefficient (Wildman–Crippen LogP) is 4.44. The number of sulfonamides is 1. The molecule has 1 saturated heterocycles. The summed E-state index contributed by atoms with van der Waals surface area (Å²) in [5, 5.41) is 0.124. The highest BCUT2D eigenvalue weighted by atomic mass is 35.5. The zero-order chi connectivity index (χ0) is 25.2. The van der Waals surface area contributed by atoms with Crippen LogP contribution in [0.3, 0.4) is 0 Å². The second-order valence-electron chi connectivity index (χ2n) is 7.68. The van der Waals surface area contributed by atoms with Gasteiger partial charge in [0, 0.05) is 43.6 Å². The van der Waals surface area contributed by atoms with Gasteiger partial charge >= 0.3 is 0 Å². The van der Waals surface area contributed by atoms with Crippen molar-refractivity contribution in [3.05, 3.63) is 87.1 Å². The van der Waals surface area contributed by atoms with Gasteiger partial charge in [-0.15, -0.1) is 0 Å². The predicted molar refractivity (Wildman–Crippen MR) is 135 cm³/mol. The number of benzene rings is 2. The molecule has 1 aliphatic rings. The monoisotopic (exact) mass is 552 g/mol. The number of aromatic nitrogens is 1. The Morgan fingerprint density at radius 2 is 1.40 bits per heavy atom. The molecule has 8 nitrogen and oxygen atoms in total. The van der Waals surface area contributed by atoms with Crippen molar-refractivity contribution in [2.24, 2.45) is 0 Å². The largest absolute Gasteiger partial charge is 0.335 e. The van der Waals surface area contributed by atoms with Gasteiger partial charge < -0.3 is 9.80 Å². The van der Waals surface area contributed by atoms with Crippen molar-refractivity contribution in [2.45, 2.75) is 4.90 Å². The van der Waals surface area contributed by atoms with E-state index in [1.165, 1.54) is 36.4 Å². The standard InChI is InChI=1S/C23H19Cl3N4O4S/c24-17-13-19(26)21(14-18(17)25)35(33,34)28-16-6-4-15(5-7-16)22(31)29-9-11-30(12-10-29)23(32)20-3-1-2-8-27-20/h1-8,13-14,28H,9-12H2. The van der Waals surface area contributed by atoms with Crippen LogP contribution in [0.1, 0.15) is 20.8 Å². The summed E-state index contributed by atoms with van der Waals surface area (Å²) < 4.78 is 27.9. The molecule has 182 valence electrons. The lowest BCUT2D eigenvalue weighted by atomic mass is 10.1. The molecule has 0 spiro atoms. The number of hydrogen-bond donors (Lipinski definition) is 1. The van der Waals surface area contributed by atoms with Crippen molar-refractivity contribution in [3.63, 3.8) is 0 Å². The van der Waals surface area contributed by atoms with Crippen LogP contribution < -0.4 is 4.72 Å². The molecular weight excluding hydrogens is 535 g/mol. The van der Waals surface area contributed by atoms with Crippen LogP contribution in [-0.4, -0.2) is 61.2 Å². The van der Waals surface area contributed by atoms with Gasteiger partial charge in [-0.05, 0) is 48.5 Å². The molecule has 1 aliphatic heterocycles. The van der Waals surface area contributed by atoms with E-state index in [4.69, 9.17) is 34.8 Å². The lowest BCUT2D eigenvalue weighted by Crippen LogP contribution is -2.50. The Balaban J connectivity index is 1.39. The van der Waals surface area contributed by atoms with Crippen LogP contribution in [0.2, 0.25) is 15.1 Å². The van der Waals surface area contributed by atoms with Gasteiger partial charge in [0.15, 0.2) is 0 Å². The van der Waals surface area contributed by atoms with Gasteiger partial charge in [0.05, 0.1) is 15.1 Å². The first-order valence-electron chi connectivity index (χ1n) is 10.4. The Hall–Kier alpha value is -2.85. The lowest BCUT2D eigenvalue weighted by Gasteiger charge is -2.34. The van der Waals surface area contributed by atoms with Crippen molar-refractivity contribution in [1.82, 2.24) is 14.8 Å². The summed E-state index contributed by atoms with van der Waals surface area (Å²) in [5.74, 6) is -0.381. The Morgan fingerprint density at radius 3 is 2.00 bits per heavy atom. The molecule has 2 aromatic carbocycles. The molecule has 0 radical (unpaired) electrons. The molecule has 1 N–H and O–H groups in total. The highest BCUT2D eigenvalue weighted by Gasteiger charge is 2.26. The summed E-state index contributed by atoms with van der Waals surface area (Å²) in [6.07, 6.45) is 1.57. The maximum absolute atomic E-state index is 12.9. The molecule has 2 heterocycles. The molecule has 1 aromatic heterocycles. The molecule has 3 aromatic rings. The van der Waals surface area contributed by atoms with Gasteiger partial charge in [-0.25, -0.2) is 8.42 Å². The summed E-state index contributed by atoms with van der Waals surface area (Å²) in [6.45, 7) is 1.54. The normalized spacial score (nSPS) is 14.0. The van der Waals surface area contributed by atoms with E-state index >= 15 is 0 Å². The number of piperazine rings is 1. The maximum atomic E-state index is 12.9. The SMILES string of the molecule is O=C(c1ccc(NS(=O)(=O)c2cc(Cl)c(Cl)cc2Cl)cc1)N1CCN(C(=O)c2ccccn2)CC1. The van der Waals surface area contributed by atoms with Gasteiger partial charge in [-0.1, -0.05) is 40.9 Å². The Kier molecular flexibility index (Phi) is 7.51. The van der Waals surface area contributed by atoms with Crippen LogP contribution >= 0.6 is 34.8 Å². The lowest BCUT2D eigenvalue weighted by molar-refractivity contribution is 0.0532. The molecule has 0 aliphatic carbocycles. The molecule has 0 saturated carbocycles. The number of carbonyl (C=O) groups is 2. The Bertz CT molecular complexity index is 1360. The summed E-state index contributed by atoms with van der Waals surface area (Å²) in [5.41, 5.74) is 1.01. The van der Waals surface area contributed by atoms with E-state index in [-0.39, 0.29) is 37.5 Å². The van der Waals surface area contributed by atoms with Crippen LogP contribution in [0.25, 0.3) is 0 Å². The van der Waals surface area contributed by atoms with Crippen LogP contribution in [0.5, 0.6) is 0 Å².